The van der Waals surface area contributed by atoms with Gasteiger partial charge >= 0.3 is 0 Å². The smallest absolute Gasteiger partial charge is 0.253 e. The largest absolute Gasteiger partial charge is 0.337 e. The molecular weight excluding hydrogens is 232 g/mol. The lowest BCUT2D eigenvalue weighted by atomic mass is 10.1. The molecule has 0 saturated carbocycles. The van der Waals surface area contributed by atoms with Crippen LogP contribution in [0.2, 0.25) is 0 Å². The highest BCUT2D eigenvalue weighted by atomic mass is 32.2. The van der Waals surface area contributed by atoms with Gasteiger partial charge in [-0.1, -0.05) is 6.07 Å². The van der Waals surface area contributed by atoms with E-state index in [1.807, 2.05) is 16.7 Å². The summed E-state index contributed by atoms with van der Waals surface area (Å²) in [5.41, 5.74) is 1.15. The zero-order chi connectivity index (χ0) is 12.3. The number of carbonyl (C=O) groups is 1. The quantitative estimate of drug-likeness (QED) is 0.803. The highest BCUT2D eigenvalue weighted by Gasteiger charge is 2.26. The normalized spacial score (nSPS) is 19.1. The fourth-order valence-corrected chi connectivity index (χ4v) is 2.68. The highest BCUT2D eigenvalue weighted by molar-refractivity contribution is 7.99. The summed E-state index contributed by atoms with van der Waals surface area (Å²) in [7, 11) is 0. The van der Waals surface area contributed by atoms with Crippen molar-refractivity contribution in [1.29, 1.82) is 5.26 Å². The number of hydrogen-bond acceptors (Lipinski definition) is 3. The summed E-state index contributed by atoms with van der Waals surface area (Å²) in [5, 5.41) is 9.36. The van der Waals surface area contributed by atoms with E-state index in [4.69, 9.17) is 5.26 Å². The minimum atomic E-state index is 0.0404. The van der Waals surface area contributed by atoms with Crippen LogP contribution in [0.4, 0.5) is 0 Å². The van der Waals surface area contributed by atoms with Crippen molar-refractivity contribution in [3.05, 3.63) is 35.4 Å². The van der Waals surface area contributed by atoms with Gasteiger partial charge in [-0.15, -0.1) is 0 Å². The number of nitriles is 1. The molecule has 17 heavy (non-hydrogen) atoms. The Morgan fingerprint density at radius 1 is 1.59 bits per heavy atom. The van der Waals surface area contributed by atoms with Gasteiger partial charge in [0.15, 0.2) is 0 Å². The molecule has 0 aromatic heterocycles. The van der Waals surface area contributed by atoms with Gasteiger partial charge in [0, 0.05) is 23.9 Å². The molecule has 0 spiro atoms. The van der Waals surface area contributed by atoms with Crippen LogP contribution in [0.5, 0.6) is 0 Å². The third kappa shape index (κ3) is 2.62. The van der Waals surface area contributed by atoms with Crippen LogP contribution in [-0.2, 0) is 0 Å². The number of hydrogen-bond donors (Lipinski definition) is 0. The predicted molar refractivity (Wildman–Crippen MR) is 69.0 cm³/mol. The maximum Gasteiger partial charge on any atom is 0.253 e. The molecule has 1 aromatic rings. The lowest BCUT2D eigenvalue weighted by Gasteiger charge is -2.16. The minimum absolute atomic E-state index is 0.0404. The number of amides is 1. The van der Waals surface area contributed by atoms with Gasteiger partial charge in [0.25, 0.3) is 5.91 Å². The second-order valence-corrected chi connectivity index (χ2v) is 5.23. The fraction of sp³-hybridized carbons (Fsp3) is 0.385. The first-order chi connectivity index (χ1) is 8.24. The molecule has 1 heterocycles. The summed E-state index contributed by atoms with van der Waals surface area (Å²) in [6.07, 6.45) is 3.14. The standard InChI is InChI=1S/C13H14N2OS/c1-17-12-5-6-15(9-12)13(16)11-4-2-3-10(7-11)8-14/h2-4,7,12H,5-6,9H2,1H3. The summed E-state index contributed by atoms with van der Waals surface area (Å²) in [6.45, 7) is 1.64. The molecule has 2 rings (SSSR count). The Bertz CT molecular complexity index is 467. The Kier molecular flexibility index (Phi) is 3.70. The van der Waals surface area contributed by atoms with Crippen LogP contribution < -0.4 is 0 Å². The third-order valence-electron chi connectivity index (χ3n) is 3.00. The van der Waals surface area contributed by atoms with Gasteiger partial charge in [-0.25, -0.2) is 0 Å². The van der Waals surface area contributed by atoms with Gasteiger partial charge in [0.1, 0.15) is 0 Å². The van der Waals surface area contributed by atoms with E-state index in [9.17, 15) is 4.79 Å². The predicted octanol–water partition coefficient (Wildman–Crippen LogP) is 2.14. The third-order valence-corrected chi connectivity index (χ3v) is 4.06. The molecule has 88 valence electrons. The van der Waals surface area contributed by atoms with Crippen molar-refractivity contribution >= 4 is 17.7 Å². The van der Waals surface area contributed by atoms with E-state index in [1.165, 1.54) is 0 Å². The van der Waals surface area contributed by atoms with Gasteiger partial charge < -0.3 is 4.90 Å². The van der Waals surface area contributed by atoms with Crippen LogP contribution in [0.25, 0.3) is 0 Å². The van der Waals surface area contributed by atoms with Crippen molar-refractivity contribution < 1.29 is 4.79 Å². The van der Waals surface area contributed by atoms with E-state index >= 15 is 0 Å². The summed E-state index contributed by atoms with van der Waals surface area (Å²) >= 11 is 1.81. The van der Waals surface area contributed by atoms with Crippen LogP contribution in [0.3, 0.4) is 0 Å². The van der Waals surface area contributed by atoms with Crippen LogP contribution in [0.15, 0.2) is 24.3 Å². The van der Waals surface area contributed by atoms with Crippen molar-refractivity contribution in [2.45, 2.75) is 11.7 Å². The van der Waals surface area contributed by atoms with Gasteiger partial charge in [-0.2, -0.15) is 17.0 Å². The number of likely N-dealkylation sites (tertiary alicyclic amines) is 1. The molecule has 0 aliphatic carbocycles. The zero-order valence-electron chi connectivity index (χ0n) is 9.72. The molecule has 4 heteroatoms. The SMILES string of the molecule is CSC1CCN(C(=O)c2cccc(C#N)c2)C1. The maximum absolute atomic E-state index is 12.2. The zero-order valence-corrected chi connectivity index (χ0v) is 10.5. The van der Waals surface area contributed by atoms with Crippen LogP contribution in [-0.4, -0.2) is 35.4 Å². The Morgan fingerprint density at radius 3 is 3.06 bits per heavy atom. The van der Waals surface area contributed by atoms with Crippen molar-refractivity contribution in [2.24, 2.45) is 0 Å². The maximum atomic E-state index is 12.2. The number of benzene rings is 1. The van der Waals surface area contributed by atoms with E-state index in [0.29, 0.717) is 16.4 Å². The summed E-state index contributed by atoms with van der Waals surface area (Å²) in [6, 6.07) is 8.96. The molecule has 1 fully saturated rings. The van der Waals surface area contributed by atoms with Gasteiger partial charge in [0.05, 0.1) is 11.6 Å². The highest BCUT2D eigenvalue weighted by Crippen LogP contribution is 2.21. The molecular formula is C13H14N2OS. The van der Waals surface area contributed by atoms with Crippen LogP contribution in [0, 0.1) is 11.3 Å². The molecule has 1 saturated heterocycles. The van der Waals surface area contributed by atoms with E-state index < -0.39 is 0 Å². The molecule has 3 nitrogen and oxygen atoms in total. The average molecular weight is 246 g/mol. The molecule has 1 aliphatic heterocycles. The molecule has 1 aliphatic rings. The Labute approximate surface area is 105 Å². The fourth-order valence-electron chi connectivity index (χ4n) is 2.01. The number of nitrogens with zero attached hydrogens (tertiary/aromatic N) is 2. The van der Waals surface area contributed by atoms with E-state index in [1.54, 1.807) is 24.3 Å². The van der Waals surface area contributed by atoms with Gasteiger partial charge in [-0.3, -0.25) is 4.79 Å². The molecule has 0 bridgehead atoms. The number of carbonyl (C=O) groups excluding carboxylic acids is 1. The van der Waals surface area contributed by atoms with Crippen molar-refractivity contribution in [3.8, 4) is 6.07 Å². The first-order valence-electron chi connectivity index (χ1n) is 5.57. The molecule has 1 amide bonds. The second-order valence-electron chi connectivity index (χ2n) is 4.09. The lowest BCUT2D eigenvalue weighted by molar-refractivity contribution is 0.0793. The van der Waals surface area contributed by atoms with Crippen molar-refractivity contribution in [1.82, 2.24) is 4.90 Å². The Morgan fingerprint density at radius 2 is 2.41 bits per heavy atom. The van der Waals surface area contributed by atoms with Crippen LogP contribution >= 0.6 is 11.8 Å². The van der Waals surface area contributed by atoms with Crippen LogP contribution in [0.1, 0.15) is 22.3 Å². The van der Waals surface area contributed by atoms with Crippen molar-refractivity contribution in [2.75, 3.05) is 19.3 Å². The average Bonchev–Trinajstić information content (AvgIpc) is 2.86. The minimum Gasteiger partial charge on any atom is -0.337 e. The second kappa shape index (κ2) is 5.24. The van der Waals surface area contributed by atoms with E-state index in [-0.39, 0.29) is 5.91 Å². The molecule has 1 unspecified atom stereocenters. The summed E-state index contributed by atoms with van der Waals surface area (Å²) < 4.78 is 0. The molecule has 0 radical (unpaired) electrons. The van der Waals surface area contributed by atoms with Gasteiger partial charge in [-0.05, 0) is 30.9 Å². The Balaban J connectivity index is 2.12. The summed E-state index contributed by atoms with van der Waals surface area (Å²) in [4.78, 5) is 14.1. The summed E-state index contributed by atoms with van der Waals surface area (Å²) in [5.74, 6) is 0.0404. The topological polar surface area (TPSA) is 44.1 Å². The first-order valence-corrected chi connectivity index (χ1v) is 6.85. The monoisotopic (exact) mass is 246 g/mol. The number of rotatable bonds is 2. The lowest BCUT2D eigenvalue weighted by Crippen LogP contribution is -2.29. The van der Waals surface area contributed by atoms with E-state index in [0.717, 1.165) is 19.5 Å². The van der Waals surface area contributed by atoms with E-state index in [2.05, 4.69) is 12.3 Å². The van der Waals surface area contributed by atoms with Gasteiger partial charge in [0.2, 0.25) is 0 Å². The Hall–Kier alpha value is -1.47. The number of thioether (sulfide) groups is 1. The molecule has 1 aromatic carbocycles. The first kappa shape index (κ1) is 12.0. The molecule has 0 N–H and O–H groups in total. The van der Waals surface area contributed by atoms with Crippen molar-refractivity contribution in [3.63, 3.8) is 0 Å². The molecule has 1 atom stereocenters.